The summed E-state index contributed by atoms with van der Waals surface area (Å²) in [5, 5.41) is 6.04. The van der Waals surface area contributed by atoms with Crippen LogP contribution in [0.1, 0.15) is 16.2 Å². The van der Waals surface area contributed by atoms with Crippen LogP contribution in [0.2, 0.25) is 0 Å². The number of carbonyl (C=O) groups is 1. The third-order valence-corrected chi connectivity index (χ3v) is 5.71. The molecule has 0 atom stereocenters. The van der Waals surface area contributed by atoms with Crippen LogP contribution in [-0.2, 0) is 6.54 Å². The Balaban J connectivity index is 1.32. The maximum atomic E-state index is 12.6. The van der Waals surface area contributed by atoms with Crippen molar-refractivity contribution in [1.29, 1.82) is 0 Å². The molecule has 3 heterocycles. The predicted octanol–water partition coefficient (Wildman–Crippen LogP) is 3.52. The van der Waals surface area contributed by atoms with Crippen molar-refractivity contribution < 1.29 is 9.32 Å². The molecule has 3 aromatic rings. The van der Waals surface area contributed by atoms with Crippen molar-refractivity contribution in [3.05, 3.63) is 57.7 Å². The molecule has 6 nitrogen and oxygen atoms in total. The van der Waals surface area contributed by atoms with Gasteiger partial charge in [0.05, 0.1) is 11.4 Å². The van der Waals surface area contributed by atoms with Crippen LogP contribution in [0, 0.1) is 0 Å². The zero-order chi connectivity index (χ0) is 17.9. The lowest BCUT2D eigenvalue weighted by atomic mass is 10.2. The smallest absolute Gasteiger partial charge is 0.253 e. The van der Waals surface area contributed by atoms with Gasteiger partial charge in [0.15, 0.2) is 0 Å². The van der Waals surface area contributed by atoms with E-state index in [1.165, 1.54) is 0 Å². The molecule has 8 heteroatoms. The lowest BCUT2D eigenvalue weighted by Gasteiger charge is -2.34. The molecule has 1 aliphatic rings. The molecular formula is C18H17BrN4O2S. The van der Waals surface area contributed by atoms with Crippen molar-refractivity contribution in [2.24, 2.45) is 0 Å². The topological polar surface area (TPSA) is 62.5 Å². The number of aromatic nitrogens is 2. The second kappa shape index (κ2) is 7.69. The second-order valence-corrected chi connectivity index (χ2v) is 7.93. The summed E-state index contributed by atoms with van der Waals surface area (Å²) in [6, 6.07) is 11.4. The van der Waals surface area contributed by atoms with Gasteiger partial charge < -0.3 is 9.42 Å². The van der Waals surface area contributed by atoms with Gasteiger partial charge >= 0.3 is 0 Å². The van der Waals surface area contributed by atoms with Crippen LogP contribution in [0.5, 0.6) is 0 Å². The van der Waals surface area contributed by atoms with Crippen molar-refractivity contribution in [3.8, 4) is 10.7 Å². The number of piperazine rings is 1. The fourth-order valence-electron chi connectivity index (χ4n) is 2.90. The van der Waals surface area contributed by atoms with Gasteiger partial charge in [0.2, 0.25) is 11.7 Å². The third kappa shape index (κ3) is 3.87. The number of halogens is 1. The van der Waals surface area contributed by atoms with Gasteiger partial charge in [0.1, 0.15) is 0 Å². The van der Waals surface area contributed by atoms with E-state index < -0.39 is 0 Å². The lowest BCUT2D eigenvalue weighted by Crippen LogP contribution is -2.48. The van der Waals surface area contributed by atoms with Gasteiger partial charge in [-0.2, -0.15) is 4.98 Å². The van der Waals surface area contributed by atoms with E-state index in [-0.39, 0.29) is 5.91 Å². The van der Waals surface area contributed by atoms with Gasteiger partial charge in [0, 0.05) is 36.2 Å². The van der Waals surface area contributed by atoms with Crippen molar-refractivity contribution in [1.82, 2.24) is 19.9 Å². The summed E-state index contributed by atoms with van der Waals surface area (Å²) >= 11 is 4.99. The molecule has 1 aliphatic heterocycles. The number of rotatable bonds is 4. The summed E-state index contributed by atoms with van der Waals surface area (Å²) in [5.41, 5.74) is 0.721. The highest BCUT2D eigenvalue weighted by Crippen LogP contribution is 2.22. The lowest BCUT2D eigenvalue weighted by molar-refractivity contribution is 0.0615. The van der Waals surface area contributed by atoms with E-state index in [1.54, 1.807) is 11.3 Å². The maximum absolute atomic E-state index is 12.6. The first kappa shape index (κ1) is 17.4. The summed E-state index contributed by atoms with van der Waals surface area (Å²) in [5.74, 6) is 1.33. The zero-order valence-corrected chi connectivity index (χ0v) is 16.4. The standard InChI is InChI=1S/C18H17BrN4O2S/c19-14-5-3-13(4-6-14)18(24)23-9-7-22(8-10-23)12-16-20-17(21-25-16)15-2-1-11-26-15/h1-6,11H,7-10,12H2. The van der Waals surface area contributed by atoms with Crippen molar-refractivity contribution in [2.45, 2.75) is 6.54 Å². The second-order valence-electron chi connectivity index (χ2n) is 6.06. The molecule has 1 saturated heterocycles. The highest BCUT2D eigenvalue weighted by atomic mass is 79.9. The molecule has 0 radical (unpaired) electrons. The summed E-state index contributed by atoms with van der Waals surface area (Å²) < 4.78 is 6.34. The largest absolute Gasteiger partial charge is 0.338 e. The Labute approximate surface area is 163 Å². The first-order valence-electron chi connectivity index (χ1n) is 8.33. The summed E-state index contributed by atoms with van der Waals surface area (Å²) in [7, 11) is 0. The zero-order valence-electron chi connectivity index (χ0n) is 14.0. The summed E-state index contributed by atoms with van der Waals surface area (Å²) in [4.78, 5) is 22.2. The van der Waals surface area contributed by atoms with Crippen LogP contribution in [0.4, 0.5) is 0 Å². The number of nitrogens with zero attached hydrogens (tertiary/aromatic N) is 4. The quantitative estimate of drug-likeness (QED) is 0.630. The van der Waals surface area contributed by atoms with E-state index in [0.717, 1.165) is 28.0 Å². The van der Waals surface area contributed by atoms with Gasteiger partial charge in [-0.05, 0) is 35.7 Å². The average Bonchev–Trinajstić information content (AvgIpc) is 3.34. The SMILES string of the molecule is O=C(c1ccc(Br)cc1)N1CCN(Cc2nc(-c3cccs3)no2)CC1. The normalized spacial score (nSPS) is 15.3. The Kier molecular flexibility index (Phi) is 5.14. The molecule has 0 unspecified atom stereocenters. The molecule has 1 amide bonds. The maximum Gasteiger partial charge on any atom is 0.253 e. The first-order valence-corrected chi connectivity index (χ1v) is 10.00. The average molecular weight is 433 g/mol. The van der Waals surface area contributed by atoms with Gasteiger partial charge in [0.25, 0.3) is 5.91 Å². The van der Waals surface area contributed by atoms with Crippen molar-refractivity contribution >= 4 is 33.2 Å². The Bertz CT molecular complexity index is 871. The molecule has 26 heavy (non-hydrogen) atoms. The summed E-state index contributed by atoms with van der Waals surface area (Å²) in [6.07, 6.45) is 0. The number of hydrogen-bond donors (Lipinski definition) is 0. The molecule has 0 saturated carbocycles. The van der Waals surface area contributed by atoms with E-state index in [1.807, 2.05) is 46.7 Å². The number of hydrogen-bond acceptors (Lipinski definition) is 6. The highest BCUT2D eigenvalue weighted by molar-refractivity contribution is 9.10. The van der Waals surface area contributed by atoms with Gasteiger partial charge in [-0.15, -0.1) is 11.3 Å². The molecule has 0 bridgehead atoms. The van der Waals surface area contributed by atoms with Gasteiger partial charge in [-0.3, -0.25) is 9.69 Å². The van der Waals surface area contributed by atoms with E-state index in [0.29, 0.717) is 31.3 Å². The molecule has 1 aromatic carbocycles. The van der Waals surface area contributed by atoms with Crippen LogP contribution in [-0.4, -0.2) is 52.0 Å². The molecule has 0 aliphatic carbocycles. The number of benzene rings is 1. The predicted molar refractivity (Wildman–Crippen MR) is 103 cm³/mol. The Morgan fingerprint density at radius 3 is 2.62 bits per heavy atom. The minimum Gasteiger partial charge on any atom is -0.338 e. The highest BCUT2D eigenvalue weighted by Gasteiger charge is 2.23. The number of thiophene rings is 1. The fourth-order valence-corrected chi connectivity index (χ4v) is 3.81. The number of amides is 1. The minimum absolute atomic E-state index is 0.0786. The molecule has 1 fully saturated rings. The Morgan fingerprint density at radius 2 is 1.92 bits per heavy atom. The van der Waals surface area contributed by atoms with Crippen LogP contribution >= 0.6 is 27.3 Å². The van der Waals surface area contributed by atoms with Crippen LogP contribution in [0.15, 0.2) is 50.8 Å². The molecule has 0 spiro atoms. The van der Waals surface area contributed by atoms with Crippen molar-refractivity contribution in [3.63, 3.8) is 0 Å². The molecule has 4 rings (SSSR count). The van der Waals surface area contributed by atoms with E-state index in [4.69, 9.17) is 4.52 Å². The molecule has 0 N–H and O–H groups in total. The van der Waals surface area contributed by atoms with E-state index in [9.17, 15) is 4.79 Å². The van der Waals surface area contributed by atoms with Gasteiger partial charge in [-0.25, -0.2) is 0 Å². The summed E-state index contributed by atoms with van der Waals surface area (Å²) in [6.45, 7) is 3.58. The minimum atomic E-state index is 0.0786. The van der Waals surface area contributed by atoms with Crippen LogP contribution in [0.25, 0.3) is 10.7 Å². The Hall–Kier alpha value is -2.03. The van der Waals surface area contributed by atoms with Crippen molar-refractivity contribution in [2.75, 3.05) is 26.2 Å². The molecule has 2 aromatic heterocycles. The fraction of sp³-hybridized carbons (Fsp3) is 0.278. The Morgan fingerprint density at radius 1 is 1.15 bits per heavy atom. The van der Waals surface area contributed by atoms with Gasteiger partial charge in [-0.1, -0.05) is 27.2 Å². The third-order valence-electron chi connectivity index (χ3n) is 4.32. The van der Waals surface area contributed by atoms with Crippen LogP contribution < -0.4 is 0 Å². The van der Waals surface area contributed by atoms with E-state index >= 15 is 0 Å². The molecular weight excluding hydrogens is 416 g/mol. The molecule has 134 valence electrons. The number of carbonyl (C=O) groups excluding carboxylic acids is 1. The van der Waals surface area contributed by atoms with Crippen LogP contribution in [0.3, 0.4) is 0 Å². The monoisotopic (exact) mass is 432 g/mol. The first-order chi connectivity index (χ1) is 12.7. The van der Waals surface area contributed by atoms with E-state index in [2.05, 4.69) is 31.0 Å².